The van der Waals surface area contributed by atoms with Crippen LogP contribution in [0, 0.1) is 11.6 Å². The fourth-order valence-electron chi connectivity index (χ4n) is 2.81. The van der Waals surface area contributed by atoms with Gasteiger partial charge in [0.1, 0.15) is 17.3 Å². The van der Waals surface area contributed by atoms with E-state index in [4.69, 9.17) is 17.3 Å². The number of primary amides is 1. The van der Waals surface area contributed by atoms with E-state index in [0.717, 1.165) is 16.8 Å². The maximum Gasteiger partial charge on any atom is 0.271 e. The number of rotatable bonds is 4. The molecule has 1 aromatic heterocycles. The zero-order valence-corrected chi connectivity index (χ0v) is 14.9. The average Bonchev–Trinajstić information content (AvgIpc) is 2.63. The normalized spacial score (nSPS) is 12.0. The summed E-state index contributed by atoms with van der Waals surface area (Å²) in [5.41, 5.74) is 4.94. The summed E-state index contributed by atoms with van der Waals surface area (Å²) in [6.07, 6.45) is 0. The molecule has 5 nitrogen and oxygen atoms in total. The molecule has 1 heterocycles. The second kappa shape index (κ2) is 7.28. The van der Waals surface area contributed by atoms with Gasteiger partial charge in [-0.05, 0) is 29.3 Å². The van der Waals surface area contributed by atoms with Crippen LogP contribution in [0.2, 0.25) is 5.02 Å². The van der Waals surface area contributed by atoms with Gasteiger partial charge >= 0.3 is 0 Å². The Morgan fingerprint density at radius 3 is 2.44 bits per heavy atom. The Hall–Kier alpha value is -3.06. The van der Waals surface area contributed by atoms with Gasteiger partial charge in [0.15, 0.2) is 5.69 Å². The first-order valence-electron chi connectivity index (χ1n) is 7.94. The zero-order chi connectivity index (χ0) is 19.7. The molecule has 2 N–H and O–H groups in total. The second-order valence-electron chi connectivity index (χ2n) is 5.88. The maximum atomic E-state index is 14.0. The van der Waals surface area contributed by atoms with Gasteiger partial charge in [0.2, 0.25) is 0 Å². The Balaban J connectivity index is 2.22. The fourth-order valence-corrected chi connectivity index (χ4v) is 3.10. The highest BCUT2D eigenvalue weighted by Crippen LogP contribution is 2.32. The predicted molar refractivity (Wildman–Crippen MR) is 97.2 cm³/mol. The number of halogens is 3. The third-order valence-corrected chi connectivity index (χ3v) is 4.59. The van der Waals surface area contributed by atoms with Gasteiger partial charge in [-0.15, -0.1) is 0 Å². The number of nitrogens with two attached hydrogens (primary N) is 1. The van der Waals surface area contributed by atoms with E-state index in [1.165, 1.54) is 30.3 Å². The molecular formula is C19H14ClF2N3O2. The van der Waals surface area contributed by atoms with Gasteiger partial charge in [-0.2, -0.15) is 9.78 Å². The number of carbonyl (C=O) groups excluding carboxylic acids is 1. The molecule has 3 rings (SSSR count). The molecule has 0 radical (unpaired) electrons. The summed E-state index contributed by atoms with van der Waals surface area (Å²) < 4.78 is 28.6. The van der Waals surface area contributed by atoms with E-state index in [2.05, 4.69) is 5.10 Å². The molecule has 0 aliphatic carbocycles. The van der Waals surface area contributed by atoms with Crippen LogP contribution in [-0.4, -0.2) is 15.7 Å². The van der Waals surface area contributed by atoms with Crippen LogP contribution in [0.5, 0.6) is 0 Å². The number of amides is 1. The van der Waals surface area contributed by atoms with Crippen LogP contribution in [0.4, 0.5) is 8.78 Å². The van der Waals surface area contributed by atoms with E-state index in [0.29, 0.717) is 5.56 Å². The highest BCUT2D eigenvalue weighted by atomic mass is 35.5. The van der Waals surface area contributed by atoms with Crippen LogP contribution in [0.15, 0.2) is 53.3 Å². The van der Waals surface area contributed by atoms with Gasteiger partial charge in [0, 0.05) is 12.0 Å². The maximum absolute atomic E-state index is 14.0. The molecule has 138 valence electrons. The van der Waals surface area contributed by atoms with Crippen LogP contribution in [0.25, 0.3) is 5.69 Å². The lowest BCUT2D eigenvalue weighted by atomic mass is 9.92. The summed E-state index contributed by atoms with van der Waals surface area (Å²) in [6.45, 7) is 1.64. The monoisotopic (exact) mass is 389 g/mol. The topological polar surface area (TPSA) is 78.0 Å². The van der Waals surface area contributed by atoms with E-state index in [-0.39, 0.29) is 22.0 Å². The van der Waals surface area contributed by atoms with Crippen molar-refractivity contribution in [2.24, 2.45) is 5.73 Å². The fraction of sp³-hybridized carbons (Fsp3) is 0.105. The predicted octanol–water partition coefficient (Wildman–Crippen LogP) is 3.41. The number of para-hydroxylation sites is 1. The molecule has 3 aromatic rings. The molecule has 1 unspecified atom stereocenters. The van der Waals surface area contributed by atoms with Crippen molar-refractivity contribution >= 4 is 17.5 Å². The van der Waals surface area contributed by atoms with Crippen molar-refractivity contribution in [2.75, 3.05) is 0 Å². The third-order valence-electron chi connectivity index (χ3n) is 4.19. The van der Waals surface area contributed by atoms with Gasteiger partial charge < -0.3 is 5.73 Å². The highest BCUT2D eigenvalue weighted by molar-refractivity contribution is 6.31. The van der Waals surface area contributed by atoms with Crippen molar-refractivity contribution in [3.05, 3.63) is 92.4 Å². The zero-order valence-electron chi connectivity index (χ0n) is 14.1. The summed E-state index contributed by atoms with van der Waals surface area (Å²) >= 11 is 6.01. The molecule has 1 amide bonds. The minimum atomic E-state index is -0.908. The summed E-state index contributed by atoms with van der Waals surface area (Å²) in [4.78, 5) is 24.5. The minimum Gasteiger partial charge on any atom is -0.364 e. The van der Waals surface area contributed by atoms with E-state index in [1.807, 2.05) is 0 Å². The van der Waals surface area contributed by atoms with Crippen LogP contribution in [-0.2, 0) is 0 Å². The Morgan fingerprint density at radius 1 is 1.11 bits per heavy atom. The van der Waals surface area contributed by atoms with Crippen LogP contribution < -0.4 is 11.3 Å². The first kappa shape index (κ1) is 18.7. The molecule has 0 fully saturated rings. The molecule has 0 bridgehead atoms. The van der Waals surface area contributed by atoms with Crippen molar-refractivity contribution in [3.8, 4) is 5.69 Å². The molecular weight excluding hydrogens is 376 g/mol. The van der Waals surface area contributed by atoms with E-state index in [9.17, 15) is 18.4 Å². The summed E-state index contributed by atoms with van der Waals surface area (Å²) in [5, 5.41) is 3.83. The molecule has 0 aliphatic heterocycles. The summed E-state index contributed by atoms with van der Waals surface area (Å²) in [6, 6.07) is 10.9. The Labute approximate surface area is 158 Å². The van der Waals surface area contributed by atoms with Crippen molar-refractivity contribution in [2.45, 2.75) is 12.8 Å². The van der Waals surface area contributed by atoms with Gasteiger partial charge in [-0.3, -0.25) is 9.59 Å². The van der Waals surface area contributed by atoms with Crippen molar-refractivity contribution < 1.29 is 13.6 Å². The Morgan fingerprint density at radius 2 is 1.78 bits per heavy atom. The van der Waals surface area contributed by atoms with Crippen LogP contribution in [0.1, 0.15) is 34.5 Å². The average molecular weight is 390 g/mol. The second-order valence-corrected chi connectivity index (χ2v) is 6.26. The number of aromatic nitrogens is 2. The molecule has 8 heteroatoms. The number of benzene rings is 2. The van der Waals surface area contributed by atoms with Crippen LogP contribution in [0.3, 0.4) is 0 Å². The molecule has 0 saturated carbocycles. The molecule has 27 heavy (non-hydrogen) atoms. The number of hydrogen-bond donors (Lipinski definition) is 1. The van der Waals surface area contributed by atoms with Gasteiger partial charge in [-0.1, -0.05) is 42.8 Å². The molecule has 1 atom stereocenters. The Bertz CT molecular complexity index is 1100. The largest absolute Gasteiger partial charge is 0.364 e. The van der Waals surface area contributed by atoms with Gasteiger partial charge in [0.05, 0.1) is 5.02 Å². The molecule has 2 aromatic carbocycles. The smallest absolute Gasteiger partial charge is 0.271 e. The standard InChI is InChI=1S/C19H14ClF2N3O2/c1-10(11-5-4-7-14(22)17(11)20)12-9-16(26)25(24-18(12)19(23)27)15-8-3-2-6-13(15)21/h2-10H,1H3,(H2,23,27). The first-order valence-corrected chi connectivity index (χ1v) is 8.32. The van der Waals surface area contributed by atoms with Crippen molar-refractivity contribution in [1.29, 1.82) is 0 Å². The molecule has 0 spiro atoms. The highest BCUT2D eigenvalue weighted by Gasteiger charge is 2.23. The lowest BCUT2D eigenvalue weighted by Crippen LogP contribution is -2.29. The Kier molecular flexibility index (Phi) is 5.05. The van der Waals surface area contributed by atoms with Crippen LogP contribution >= 0.6 is 11.6 Å². The first-order chi connectivity index (χ1) is 12.8. The van der Waals surface area contributed by atoms with Crippen molar-refractivity contribution in [3.63, 3.8) is 0 Å². The summed E-state index contributed by atoms with van der Waals surface area (Å²) in [5.74, 6) is -2.87. The number of carbonyl (C=O) groups is 1. The lowest BCUT2D eigenvalue weighted by Gasteiger charge is -2.17. The third kappa shape index (κ3) is 3.46. The number of hydrogen-bond acceptors (Lipinski definition) is 3. The van der Waals surface area contributed by atoms with E-state index in [1.54, 1.807) is 13.0 Å². The summed E-state index contributed by atoms with van der Waals surface area (Å²) in [7, 11) is 0. The SMILES string of the molecule is CC(c1cc(=O)n(-c2ccccc2F)nc1C(N)=O)c1cccc(F)c1Cl. The van der Waals surface area contributed by atoms with Gasteiger partial charge in [0.25, 0.3) is 11.5 Å². The van der Waals surface area contributed by atoms with Gasteiger partial charge in [-0.25, -0.2) is 8.78 Å². The van der Waals surface area contributed by atoms with E-state index < -0.39 is 29.0 Å². The minimum absolute atomic E-state index is 0.118. The van der Waals surface area contributed by atoms with Crippen molar-refractivity contribution in [1.82, 2.24) is 9.78 Å². The van der Waals surface area contributed by atoms with E-state index >= 15 is 0 Å². The lowest BCUT2D eigenvalue weighted by molar-refractivity contribution is 0.0992. The molecule has 0 aliphatic rings. The quantitative estimate of drug-likeness (QED) is 0.742. The molecule has 0 saturated heterocycles. The number of nitrogens with zero attached hydrogens (tertiary/aromatic N) is 2.